The third kappa shape index (κ3) is 19.6. The van der Waals surface area contributed by atoms with Gasteiger partial charge in [0, 0.05) is 8.41 Å². The molecule has 6 nitrogen and oxygen atoms in total. The van der Waals surface area contributed by atoms with Gasteiger partial charge in [-0.25, -0.2) is 0 Å². The summed E-state index contributed by atoms with van der Waals surface area (Å²) in [6.45, 7) is 10.4. The van der Waals surface area contributed by atoms with Gasteiger partial charge in [0.05, 0.1) is 38.2 Å². The summed E-state index contributed by atoms with van der Waals surface area (Å²) in [5, 5.41) is 16.2. The Morgan fingerprint density at radius 2 is 1.30 bits per heavy atom. The van der Waals surface area contributed by atoms with Crippen LogP contribution in [0.2, 0.25) is 0 Å². The zero-order chi connectivity index (χ0) is 14.9. The Kier molecular flexibility index (Phi) is 25.1. The van der Waals surface area contributed by atoms with Crippen LogP contribution in [0.3, 0.4) is 0 Å². The van der Waals surface area contributed by atoms with Crippen LogP contribution in [0.5, 0.6) is 0 Å². The van der Waals surface area contributed by atoms with Crippen molar-refractivity contribution in [2.75, 3.05) is 32.8 Å². The molecule has 0 spiro atoms. The van der Waals surface area contributed by atoms with Crippen LogP contribution in [0.15, 0.2) is 0 Å². The molecule has 0 aromatic carbocycles. The van der Waals surface area contributed by atoms with Gasteiger partial charge in [0.15, 0.2) is 0 Å². The molecule has 3 radical (unpaired) electrons. The first-order chi connectivity index (χ1) is 9.15. The third-order valence-electron chi connectivity index (χ3n) is 2.17. The molecule has 0 aliphatic heterocycles. The Morgan fingerprint density at radius 3 is 1.50 bits per heavy atom. The maximum absolute atomic E-state index is 8.90. The van der Waals surface area contributed by atoms with Crippen LogP contribution in [-0.4, -0.2) is 51.1 Å². The van der Waals surface area contributed by atoms with Gasteiger partial charge in [0.2, 0.25) is 0 Å². The maximum Gasteiger partial charge on any atom is 0.329 e. The van der Waals surface area contributed by atoms with Crippen LogP contribution >= 0.6 is 8.60 Å². The van der Waals surface area contributed by atoms with Crippen molar-refractivity contribution in [1.82, 2.24) is 4.90 Å². The van der Waals surface area contributed by atoms with Crippen molar-refractivity contribution in [2.24, 2.45) is 0 Å². The summed E-state index contributed by atoms with van der Waals surface area (Å²) in [7, 11) is -1.91. The molecular weight excluding hydrogens is 276 g/mol. The molecule has 0 amide bonds. The van der Waals surface area contributed by atoms with E-state index in [0.717, 1.165) is 0 Å². The second-order valence-electron chi connectivity index (χ2n) is 3.34. The average Bonchev–Trinajstić information content (AvgIpc) is 2.42. The molecule has 0 unspecified atom stereocenters. The first-order valence-electron chi connectivity index (χ1n) is 6.37. The number of hydrogen-bond donors (Lipinski definition) is 1. The van der Waals surface area contributed by atoms with E-state index in [0.29, 0.717) is 0 Å². The Balaban J connectivity index is -0.000000312. The molecule has 113 valence electrons. The molecule has 0 atom stereocenters. The van der Waals surface area contributed by atoms with Crippen molar-refractivity contribution in [3.05, 3.63) is 0 Å². The minimum Gasteiger partial charge on any atom is -0.328 e. The monoisotopic (exact) mass is 300 g/mol. The fourth-order valence-corrected chi connectivity index (χ4v) is 1.62. The highest BCUT2D eigenvalue weighted by Gasteiger charge is 2.04. The summed E-state index contributed by atoms with van der Waals surface area (Å²) in [6, 6.07) is 3.71. The van der Waals surface area contributed by atoms with Gasteiger partial charge in [-0.1, -0.05) is 20.8 Å². The van der Waals surface area contributed by atoms with E-state index >= 15 is 0 Å². The normalized spacial score (nSPS) is 9.20. The number of nitriles is 2. The smallest absolute Gasteiger partial charge is 0.328 e. The van der Waals surface area contributed by atoms with E-state index in [9.17, 15) is 0 Å². The summed E-state index contributed by atoms with van der Waals surface area (Å²) in [4.78, 5) is 11.3. The molecule has 0 aromatic heterocycles. The van der Waals surface area contributed by atoms with Crippen molar-refractivity contribution < 1.29 is 13.9 Å². The van der Waals surface area contributed by atoms with E-state index in [2.05, 4.69) is 25.7 Å². The Bertz CT molecular complexity index is 242. The first kappa shape index (κ1) is 24.3. The Hall–Kier alpha value is -0.685. The van der Waals surface area contributed by atoms with Gasteiger partial charge in [0.1, 0.15) is 0 Å². The zero-order valence-corrected chi connectivity index (χ0v) is 13.5. The van der Waals surface area contributed by atoms with Crippen molar-refractivity contribution >= 4 is 17.0 Å². The van der Waals surface area contributed by atoms with Crippen LogP contribution in [-0.2, 0) is 9.05 Å². The highest BCUT2D eigenvalue weighted by atomic mass is 31.2. The molecule has 0 heterocycles. The van der Waals surface area contributed by atoms with Gasteiger partial charge in [-0.05, 0) is 19.6 Å². The fraction of sp³-hybridized carbons (Fsp3) is 0.833. The molecule has 0 saturated heterocycles. The van der Waals surface area contributed by atoms with Gasteiger partial charge in [-0.15, -0.1) is 0 Å². The molecule has 0 bridgehead atoms. The molecule has 0 aromatic rings. The molecular formula is C12H24BN3O3P. The highest BCUT2D eigenvalue weighted by molar-refractivity contribution is 7.40. The predicted octanol–water partition coefficient (Wildman–Crippen LogP) is 2.03. The van der Waals surface area contributed by atoms with E-state index in [1.807, 2.05) is 12.1 Å². The van der Waals surface area contributed by atoms with E-state index in [4.69, 9.17) is 24.5 Å². The minimum absolute atomic E-state index is 0. The molecule has 0 rings (SSSR count). The quantitative estimate of drug-likeness (QED) is 0.398. The van der Waals surface area contributed by atoms with Gasteiger partial charge < -0.3 is 18.8 Å². The molecule has 0 aliphatic carbocycles. The average molecular weight is 300 g/mol. The summed E-state index contributed by atoms with van der Waals surface area (Å²) < 4.78 is 9.39. The van der Waals surface area contributed by atoms with Gasteiger partial charge in [-0.2, -0.15) is 10.5 Å². The van der Waals surface area contributed by atoms with Crippen LogP contribution in [0.4, 0.5) is 0 Å². The lowest BCUT2D eigenvalue weighted by Crippen LogP contribution is -2.21. The standard InChI is InChI=1S/C6H9N2O3P.C6H15N.B/c7-3-1-5-10-12(9)11-6-2-4-8;1-4-7(5-2)6-3;/h9H,1-2,5-6H2;4-6H2,1-3H3;. The minimum atomic E-state index is -1.91. The lowest BCUT2D eigenvalue weighted by molar-refractivity contribution is 0.206. The lowest BCUT2D eigenvalue weighted by Gasteiger charge is -2.13. The van der Waals surface area contributed by atoms with Gasteiger partial charge in [0.25, 0.3) is 0 Å². The summed E-state index contributed by atoms with van der Waals surface area (Å²) in [5.41, 5.74) is 0. The van der Waals surface area contributed by atoms with Crippen molar-refractivity contribution in [1.29, 1.82) is 10.5 Å². The van der Waals surface area contributed by atoms with E-state index in [1.54, 1.807) is 0 Å². The summed E-state index contributed by atoms with van der Waals surface area (Å²) in [5.74, 6) is 0. The highest BCUT2D eigenvalue weighted by Crippen LogP contribution is 2.32. The van der Waals surface area contributed by atoms with Crippen LogP contribution in [0, 0.1) is 22.7 Å². The van der Waals surface area contributed by atoms with Crippen LogP contribution < -0.4 is 0 Å². The Morgan fingerprint density at radius 1 is 0.950 bits per heavy atom. The summed E-state index contributed by atoms with van der Waals surface area (Å²) in [6.07, 6.45) is 0.446. The SMILES string of the molecule is CCN(CC)CC.N#CCCOP(O)OCCC#N.[B]. The van der Waals surface area contributed by atoms with Gasteiger partial charge in [-0.3, -0.25) is 0 Å². The Labute approximate surface area is 125 Å². The predicted molar refractivity (Wildman–Crippen MR) is 80.7 cm³/mol. The largest absolute Gasteiger partial charge is 0.329 e. The lowest BCUT2D eigenvalue weighted by atomic mass is 10.5. The molecule has 0 saturated carbocycles. The molecule has 0 fully saturated rings. The number of nitrogens with zero attached hydrogens (tertiary/aromatic N) is 3. The van der Waals surface area contributed by atoms with Crippen LogP contribution in [0.25, 0.3) is 0 Å². The molecule has 20 heavy (non-hydrogen) atoms. The van der Waals surface area contributed by atoms with E-state index in [1.165, 1.54) is 19.6 Å². The summed E-state index contributed by atoms with van der Waals surface area (Å²) >= 11 is 0. The van der Waals surface area contributed by atoms with Crippen molar-refractivity contribution in [3.63, 3.8) is 0 Å². The number of rotatable bonds is 9. The van der Waals surface area contributed by atoms with Gasteiger partial charge >= 0.3 is 8.60 Å². The fourth-order valence-electron chi connectivity index (χ4n) is 1.05. The van der Waals surface area contributed by atoms with E-state index < -0.39 is 8.60 Å². The second kappa shape index (κ2) is 20.6. The van der Waals surface area contributed by atoms with Crippen LogP contribution in [0.1, 0.15) is 33.6 Å². The number of hydrogen-bond acceptors (Lipinski definition) is 6. The second-order valence-corrected chi connectivity index (χ2v) is 4.33. The third-order valence-corrected chi connectivity index (χ3v) is 2.98. The van der Waals surface area contributed by atoms with Crippen molar-refractivity contribution in [3.8, 4) is 12.1 Å². The molecule has 8 heteroatoms. The molecule has 1 N–H and O–H groups in total. The first-order valence-corrected chi connectivity index (χ1v) is 7.50. The zero-order valence-electron chi connectivity index (χ0n) is 12.6. The van der Waals surface area contributed by atoms with E-state index in [-0.39, 0.29) is 34.5 Å². The molecule has 0 aliphatic rings. The van der Waals surface area contributed by atoms with Crippen molar-refractivity contribution in [2.45, 2.75) is 33.6 Å². The topological polar surface area (TPSA) is 89.5 Å². The maximum atomic E-state index is 8.90.